The van der Waals surface area contributed by atoms with E-state index in [-0.39, 0.29) is 5.91 Å². The summed E-state index contributed by atoms with van der Waals surface area (Å²) in [6.45, 7) is 8.40. The largest absolute Gasteiger partial charge is 0.352 e. The molecule has 1 heterocycles. The smallest absolute Gasteiger partial charge is 0.217 e. The number of hydrogen-bond donors (Lipinski definition) is 1. The predicted octanol–water partition coefficient (Wildman–Crippen LogP) is 2.56. The summed E-state index contributed by atoms with van der Waals surface area (Å²) in [5.41, 5.74) is 3.21. The normalized spacial score (nSPS) is 11.2. The number of rotatable bonds is 3. The molecule has 96 valence electrons. The third-order valence-electron chi connectivity index (χ3n) is 2.99. The van der Waals surface area contributed by atoms with Gasteiger partial charge in [0.1, 0.15) is 5.82 Å². The summed E-state index contributed by atoms with van der Waals surface area (Å²) in [6, 6.07) is 6.55. The molecule has 2 rings (SSSR count). The zero-order valence-corrected chi connectivity index (χ0v) is 11.3. The van der Waals surface area contributed by atoms with Crippen LogP contribution in [0.4, 0.5) is 0 Å². The lowest BCUT2D eigenvalue weighted by Gasteiger charge is -2.10. The molecule has 1 amide bonds. The number of aryl methyl sites for hydroxylation is 1. The molecule has 0 radical (unpaired) electrons. The Morgan fingerprint density at radius 3 is 2.78 bits per heavy atom. The van der Waals surface area contributed by atoms with Gasteiger partial charge in [-0.1, -0.05) is 6.07 Å². The SMILES string of the molecule is CC(=O)NCc1ccc2c(c1)nc(C)n2C(C)C. The number of carbonyl (C=O) groups excluding carboxylic acids is 1. The summed E-state index contributed by atoms with van der Waals surface area (Å²) in [6.07, 6.45) is 0. The van der Waals surface area contributed by atoms with Crippen molar-refractivity contribution >= 4 is 16.9 Å². The fourth-order valence-corrected chi connectivity index (χ4v) is 2.25. The van der Waals surface area contributed by atoms with E-state index in [9.17, 15) is 4.79 Å². The minimum absolute atomic E-state index is 0.0148. The highest BCUT2D eigenvalue weighted by atomic mass is 16.1. The lowest BCUT2D eigenvalue weighted by molar-refractivity contribution is -0.119. The number of aromatic nitrogens is 2. The molecule has 0 aliphatic rings. The summed E-state index contributed by atoms with van der Waals surface area (Å²) in [7, 11) is 0. The molecule has 2 aromatic rings. The minimum atomic E-state index is -0.0148. The average Bonchev–Trinajstić information content (AvgIpc) is 2.61. The van der Waals surface area contributed by atoms with Gasteiger partial charge in [-0.05, 0) is 38.5 Å². The van der Waals surface area contributed by atoms with Gasteiger partial charge in [-0.15, -0.1) is 0 Å². The number of hydrogen-bond acceptors (Lipinski definition) is 2. The molecule has 0 saturated heterocycles. The van der Waals surface area contributed by atoms with E-state index in [0.29, 0.717) is 12.6 Å². The first kappa shape index (κ1) is 12.6. The Labute approximate surface area is 107 Å². The lowest BCUT2D eigenvalue weighted by atomic mass is 10.2. The van der Waals surface area contributed by atoms with E-state index in [2.05, 4.69) is 34.8 Å². The number of nitrogens with zero attached hydrogens (tertiary/aromatic N) is 2. The summed E-state index contributed by atoms with van der Waals surface area (Å²) in [5, 5.41) is 2.80. The predicted molar refractivity (Wildman–Crippen MR) is 72.4 cm³/mol. The number of fused-ring (bicyclic) bond motifs is 1. The number of amides is 1. The van der Waals surface area contributed by atoms with Crippen molar-refractivity contribution in [3.63, 3.8) is 0 Å². The fraction of sp³-hybridized carbons (Fsp3) is 0.429. The van der Waals surface area contributed by atoms with Crippen LogP contribution in [0.1, 0.15) is 38.2 Å². The van der Waals surface area contributed by atoms with Crippen LogP contribution in [-0.2, 0) is 11.3 Å². The van der Waals surface area contributed by atoms with Gasteiger partial charge in [0.15, 0.2) is 0 Å². The zero-order chi connectivity index (χ0) is 13.3. The second-order valence-corrected chi connectivity index (χ2v) is 4.86. The molecule has 18 heavy (non-hydrogen) atoms. The zero-order valence-electron chi connectivity index (χ0n) is 11.3. The molecule has 4 heteroatoms. The van der Waals surface area contributed by atoms with E-state index < -0.39 is 0 Å². The number of imidazole rings is 1. The molecule has 1 N–H and O–H groups in total. The van der Waals surface area contributed by atoms with E-state index in [0.717, 1.165) is 22.4 Å². The summed E-state index contributed by atoms with van der Waals surface area (Å²) < 4.78 is 2.22. The average molecular weight is 245 g/mol. The van der Waals surface area contributed by atoms with E-state index in [1.165, 1.54) is 6.92 Å². The molecule has 0 unspecified atom stereocenters. The standard InChI is InChI=1S/C14H19N3O/c1-9(2)17-10(3)16-13-7-12(5-6-14(13)17)8-15-11(4)18/h5-7,9H,8H2,1-4H3,(H,15,18). The van der Waals surface area contributed by atoms with Crippen LogP contribution < -0.4 is 5.32 Å². The summed E-state index contributed by atoms with van der Waals surface area (Å²) >= 11 is 0. The van der Waals surface area contributed by atoms with Crippen LogP contribution in [0.15, 0.2) is 18.2 Å². The van der Waals surface area contributed by atoms with Gasteiger partial charge in [-0.3, -0.25) is 4.79 Å². The number of benzene rings is 1. The van der Waals surface area contributed by atoms with Crippen LogP contribution in [0, 0.1) is 6.92 Å². The van der Waals surface area contributed by atoms with E-state index >= 15 is 0 Å². The molecule has 0 fully saturated rings. The molecule has 0 aliphatic heterocycles. The van der Waals surface area contributed by atoms with Gasteiger partial charge in [0, 0.05) is 19.5 Å². The number of nitrogens with one attached hydrogen (secondary N) is 1. The van der Waals surface area contributed by atoms with Gasteiger partial charge in [-0.2, -0.15) is 0 Å². The molecular formula is C14H19N3O. The summed E-state index contributed by atoms with van der Waals surface area (Å²) in [4.78, 5) is 15.5. The molecule has 0 aliphatic carbocycles. The van der Waals surface area contributed by atoms with Gasteiger partial charge in [0.05, 0.1) is 11.0 Å². The third kappa shape index (κ3) is 2.37. The Balaban J connectivity index is 2.38. The van der Waals surface area contributed by atoms with Gasteiger partial charge >= 0.3 is 0 Å². The Bertz CT molecular complexity index is 584. The van der Waals surface area contributed by atoms with Gasteiger partial charge in [0.2, 0.25) is 5.91 Å². The second kappa shape index (κ2) is 4.80. The van der Waals surface area contributed by atoms with Crippen molar-refractivity contribution in [1.29, 1.82) is 0 Å². The van der Waals surface area contributed by atoms with Crippen molar-refractivity contribution in [2.24, 2.45) is 0 Å². The molecule has 0 saturated carbocycles. The summed E-state index contributed by atoms with van der Waals surface area (Å²) in [5.74, 6) is 1.01. The molecule has 0 atom stereocenters. The number of carbonyl (C=O) groups is 1. The van der Waals surface area contributed by atoms with Crippen LogP contribution in [-0.4, -0.2) is 15.5 Å². The van der Waals surface area contributed by atoms with Gasteiger partial charge in [0.25, 0.3) is 0 Å². The Morgan fingerprint density at radius 1 is 1.44 bits per heavy atom. The maximum atomic E-state index is 10.9. The van der Waals surface area contributed by atoms with Crippen molar-refractivity contribution < 1.29 is 4.79 Å². The highest BCUT2D eigenvalue weighted by Gasteiger charge is 2.10. The van der Waals surface area contributed by atoms with Crippen LogP contribution in [0.5, 0.6) is 0 Å². The highest BCUT2D eigenvalue weighted by Crippen LogP contribution is 2.21. The van der Waals surface area contributed by atoms with Crippen molar-refractivity contribution in [3.8, 4) is 0 Å². The highest BCUT2D eigenvalue weighted by molar-refractivity contribution is 5.77. The van der Waals surface area contributed by atoms with Crippen LogP contribution >= 0.6 is 0 Å². The van der Waals surface area contributed by atoms with Crippen LogP contribution in [0.25, 0.3) is 11.0 Å². The Kier molecular flexibility index (Phi) is 3.36. The van der Waals surface area contributed by atoms with Crippen molar-refractivity contribution in [2.45, 2.75) is 40.3 Å². The minimum Gasteiger partial charge on any atom is -0.352 e. The fourth-order valence-electron chi connectivity index (χ4n) is 2.25. The van der Waals surface area contributed by atoms with Crippen molar-refractivity contribution in [1.82, 2.24) is 14.9 Å². The quantitative estimate of drug-likeness (QED) is 0.903. The maximum Gasteiger partial charge on any atom is 0.217 e. The van der Waals surface area contributed by atoms with Crippen molar-refractivity contribution in [3.05, 3.63) is 29.6 Å². The maximum absolute atomic E-state index is 10.9. The topological polar surface area (TPSA) is 46.9 Å². The first-order chi connectivity index (χ1) is 8.49. The molecule has 1 aromatic heterocycles. The van der Waals surface area contributed by atoms with E-state index in [1.54, 1.807) is 0 Å². The van der Waals surface area contributed by atoms with E-state index in [1.807, 2.05) is 19.1 Å². The molecule has 1 aromatic carbocycles. The second-order valence-electron chi connectivity index (χ2n) is 4.86. The van der Waals surface area contributed by atoms with E-state index in [4.69, 9.17) is 0 Å². The van der Waals surface area contributed by atoms with Gasteiger partial charge in [-0.25, -0.2) is 4.98 Å². The lowest BCUT2D eigenvalue weighted by Crippen LogP contribution is -2.18. The Morgan fingerprint density at radius 2 is 2.17 bits per heavy atom. The molecule has 0 bridgehead atoms. The van der Waals surface area contributed by atoms with Crippen LogP contribution in [0.3, 0.4) is 0 Å². The molecular weight excluding hydrogens is 226 g/mol. The monoisotopic (exact) mass is 245 g/mol. The molecule has 0 spiro atoms. The third-order valence-corrected chi connectivity index (χ3v) is 2.99. The molecule has 4 nitrogen and oxygen atoms in total. The Hall–Kier alpha value is -1.84. The van der Waals surface area contributed by atoms with Crippen LogP contribution in [0.2, 0.25) is 0 Å². The van der Waals surface area contributed by atoms with Gasteiger partial charge < -0.3 is 9.88 Å². The first-order valence-corrected chi connectivity index (χ1v) is 6.21. The van der Waals surface area contributed by atoms with Crippen molar-refractivity contribution in [2.75, 3.05) is 0 Å². The first-order valence-electron chi connectivity index (χ1n) is 6.21.